The highest BCUT2D eigenvalue weighted by Gasteiger charge is 2.13. The molecule has 9 nitrogen and oxygen atoms in total. The number of rotatable bonds is 12. The van der Waals surface area contributed by atoms with E-state index in [0.717, 1.165) is 34.9 Å². The zero-order chi connectivity index (χ0) is 28.8. The van der Waals surface area contributed by atoms with Gasteiger partial charge in [-0.25, -0.2) is 9.97 Å². The second-order valence-corrected chi connectivity index (χ2v) is 13.0. The van der Waals surface area contributed by atoms with Crippen molar-refractivity contribution >= 4 is 89.8 Å². The van der Waals surface area contributed by atoms with Crippen molar-refractivity contribution in [2.24, 2.45) is 0 Å². The Morgan fingerprint density at radius 1 is 0.780 bits per heavy atom. The molecule has 0 saturated heterocycles. The molecule has 0 unspecified atom stereocenters. The maximum atomic E-state index is 12.6. The minimum Gasteiger partial charge on any atom is -0.497 e. The van der Waals surface area contributed by atoms with E-state index in [1.165, 1.54) is 34.9 Å². The molecule has 2 aromatic heterocycles. The zero-order valence-electron chi connectivity index (χ0n) is 22.4. The summed E-state index contributed by atoms with van der Waals surface area (Å²) in [6, 6.07) is 16.6. The first-order chi connectivity index (χ1) is 19.9. The summed E-state index contributed by atoms with van der Waals surface area (Å²) in [5.41, 5.74) is 2.93. The van der Waals surface area contributed by atoms with Crippen LogP contribution in [-0.4, -0.2) is 54.1 Å². The summed E-state index contributed by atoms with van der Waals surface area (Å²) in [5, 5.41) is 5.82. The number of hydrogen-bond donors (Lipinski definition) is 2. The molecule has 0 atom stereocenters. The third kappa shape index (κ3) is 7.41. The number of nitrogens with zero attached hydrogens (tertiary/aromatic N) is 2. The molecule has 0 saturated carbocycles. The van der Waals surface area contributed by atoms with Gasteiger partial charge in [-0.05, 0) is 55.5 Å². The number of amides is 2. The summed E-state index contributed by atoms with van der Waals surface area (Å²) < 4.78 is 19.7. The first-order valence-electron chi connectivity index (χ1n) is 12.5. The monoisotopic (exact) mass is 626 g/mol. The quantitative estimate of drug-likeness (QED) is 0.145. The number of thiazole rings is 2. The fraction of sp³-hybridized carbons (Fsp3) is 0.214. The van der Waals surface area contributed by atoms with Crippen LogP contribution in [-0.2, 0) is 9.59 Å². The van der Waals surface area contributed by atoms with Crippen molar-refractivity contribution in [2.75, 3.05) is 43.0 Å². The molecule has 0 aliphatic rings. The number of benzene rings is 3. The van der Waals surface area contributed by atoms with Gasteiger partial charge in [-0.2, -0.15) is 0 Å². The van der Waals surface area contributed by atoms with Crippen LogP contribution >= 0.6 is 46.2 Å². The molecule has 0 aliphatic heterocycles. The lowest BCUT2D eigenvalue weighted by Crippen LogP contribution is -2.14. The Balaban J connectivity index is 1.14. The highest BCUT2D eigenvalue weighted by Crippen LogP contribution is 2.34. The van der Waals surface area contributed by atoms with E-state index in [9.17, 15) is 9.59 Å². The lowest BCUT2D eigenvalue weighted by molar-refractivity contribution is -0.114. The standard InChI is InChI=1S/C28H26N4O5S4/c1-4-37-18-6-9-20-24(13-18)41-28(32-20)38-14-25(33)29-16-5-8-19-23(11-16)40-27(31-19)39-15-26(34)30-21-12-17(35-2)7-10-22(21)36-3/h5-13H,4,14-15H2,1-3H3,(H,29,33)(H,30,34). The van der Waals surface area contributed by atoms with Crippen molar-refractivity contribution in [3.8, 4) is 17.2 Å². The molecular formula is C28H26N4O5S4. The van der Waals surface area contributed by atoms with E-state index in [2.05, 4.69) is 20.6 Å². The van der Waals surface area contributed by atoms with Crippen LogP contribution in [0, 0.1) is 0 Å². The van der Waals surface area contributed by atoms with Crippen LogP contribution < -0.4 is 24.8 Å². The summed E-state index contributed by atoms with van der Waals surface area (Å²) in [4.78, 5) is 34.4. The Kier molecular flexibility index (Phi) is 9.49. The maximum absolute atomic E-state index is 12.6. The van der Waals surface area contributed by atoms with Crippen LogP contribution in [0.25, 0.3) is 20.4 Å². The van der Waals surface area contributed by atoms with Crippen LogP contribution in [0.5, 0.6) is 17.2 Å². The van der Waals surface area contributed by atoms with E-state index in [1.54, 1.807) is 43.8 Å². The fourth-order valence-electron chi connectivity index (χ4n) is 3.79. The minimum absolute atomic E-state index is 0.118. The van der Waals surface area contributed by atoms with Crippen LogP contribution in [0.15, 0.2) is 63.3 Å². The molecule has 2 amide bonds. The lowest BCUT2D eigenvalue weighted by Gasteiger charge is -2.11. The van der Waals surface area contributed by atoms with Crippen LogP contribution in [0.2, 0.25) is 0 Å². The van der Waals surface area contributed by atoms with E-state index in [0.29, 0.717) is 29.5 Å². The molecule has 0 bridgehead atoms. The number of nitrogens with one attached hydrogen (secondary N) is 2. The molecule has 0 radical (unpaired) electrons. The Morgan fingerprint density at radius 3 is 2.07 bits per heavy atom. The van der Waals surface area contributed by atoms with E-state index < -0.39 is 0 Å². The van der Waals surface area contributed by atoms with Gasteiger partial charge in [0.05, 0.1) is 58.5 Å². The first-order valence-corrected chi connectivity index (χ1v) is 16.1. The number of thioether (sulfide) groups is 2. The van der Waals surface area contributed by atoms with Gasteiger partial charge in [0.1, 0.15) is 17.2 Å². The molecule has 0 spiro atoms. The topological polar surface area (TPSA) is 112 Å². The number of anilines is 2. The summed E-state index contributed by atoms with van der Waals surface area (Å²) in [6.45, 7) is 2.56. The van der Waals surface area contributed by atoms with Gasteiger partial charge < -0.3 is 24.8 Å². The van der Waals surface area contributed by atoms with Gasteiger partial charge in [-0.15, -0.1) is 22.7 Å². The van der Waals surface area contributed by atoms with Crippen LogP contribution in [0.4, 0.5) is 11.4 Å². The minimum atomic E-state index is -0.186. The Morgan fingerprint density at radius 2 is 1.41 bits per heavy atom. The van der Waals surface area contributed by atoms with Gasteiger partial charge in [-0.3, -0.25) is 9.59 Å². The second-order valence-electron chi connectivity index (χ2n) is 8.44. The smallest absolute Gasteiger partial charge is 0.234 e. The van der Waals surface area contributed by atoms with E-state index in [-0.39, 0.29) is 23.3 Å². The fourth-order valence-corrected chi connectivity index (χ4v) is 7.60. The summed E-state index contributed by atoms with van der Waals surface area (Å²) in [6.07, 6.45) is 0. The predicted octanol–water partition coefficient (Wildman–Crippen LogP) is 6.78. The normalized spacial score (nSPS) is 11.0. The average molecular weight is 627 g/mol. The first kappa shape index (κ1) is 29.0. The summed E-state index contributed by atoms with van der Waals surface area (Å²) in [7, 11) is 3.11. The highest BCUT2D eigenvalue weighted by atomic mass is 32.2. The van der Waals surface area contributed by atoms with Crippen molar-refractivity contribution in [3.05, 3.63) is 54.6 Å². The van der Waals surface area contributed by atoms with Gasteiger partial charge in [0.15, 0.2) is 8.68 Å². The molecule has 5 rings (SSSR count). The largest absolute Gasteiger partial charge is 0.497 e. The number of carbonyl (C=O) groups excluding carboxylic acids is 2. The van der Waals surface area contributed by atoms with Gasteiger partial charge in [-0.1, -0.05) is 23.5 Å². The number of hydrogen-bond acceptors (Lipinski definition) is 11. The predicted molar refractivity (Wildman–Crippen MR) is 169 cm³/mol. The highest BCUT2D eigenvalue weighted by molar-refractivity contribution is 8.02. The van der Waals surface area contributed by atoms with Crippen molar-refractivity contribution in [1.29, 1.82) is 0 Å². The molecule has 0 fully saturated rings. The van der Waals surface area contributed by atoms with Crippen molar-refractivity contribution in [1.82, 2.24) is 9.97 Å². The van der Waals surface area contributed by atoms with E-state index in [4.69, 9.17) is 14.2 Å². The van der Waals surface area contributed by atoms with Crippen molar-refractivity contribution in [2.45, 2.75) is 15.6 Å². The molecular weight excluding hydrogens is 601 g/mol. The van der Waals surface area contributed by atoms with Crippen molar-refractivity contribution < 1.29 is 23.8 Å². The molecule has 13 heteroatoms. The zero-order valence-corrected chi connectivity index (χ0v) is 25.7. The average Bonchev–Trinajstić information content (AvgIpc) is 3.58. The molecule has 5 aromatic rings. The van der Waals surface area contributed by atoms with Gasteiger partial charge in [0.25, 0.3) is 0 Å². The maximum Gasteiger partial charge on any atom is 0.234 e. The number of fused-ring (bicyclic) bond motifs is 2. The molecule has 212 valence electrons. The summed E-state index contributed by atoms with van der Waals surface area (Å²) in [5.74, 6) is 2.10. The van der Waals surface area contributed by atoms with Gasteiger partial charge >= 0.3 is 0 Å². The molecule has 3 aromatic carbocycles. The van der Waals surface area contributed by atoms with Crippen LogP contribution in [0.1, 0.15) is 6.92 Å². The second kappa shape index (κ2) is 13.4. The number of methoxy groups -OCH3 is 2. The van der Waals surface area contributed by atoms with Crippen LogP contribution in [0.3, 0.4) is 0 Å². The lowest BCUT2D eigenvalue weighted by atomic mass is 10.2. The third-order valence-corrected chi connectivity index (χ3v) is 9.96. The van der Waals surface area contributed by atoms with E-state index >= 15 is 0 Å². The van der Waals surface area contributed by atoms with Crippen molar-refractivity contribution in [3.63, 3.8) is 0 Å². The van der Waals surface area contributed by atoms with Gasteiger partial charge in [0.2, 0.25) is 11.8 Å². The Labute approximate surface area is 253 Å². The molecule has 0 aliphatic carbocycles. The number of carbonyl (C=O) groups is 2. The molecule has 41 heavy (non-hydrogen) atoms. The van der Waals surface area contributed by atoms with Gasteiger partial charge in [0, 0.05) is 11.8 Å². The summed E-state index contributed by atoms with van der Waals surface area (Å²) >= 11 is 5.76. The number of aromatic nitrogens is 2. The van der Waals surface area contributed by atoms with E-state index in [1.807, 2.05) is 43.3 Å². The Bertz CT molecular complexity index is 1700. The number of ether oxygens (including phenoxy) is 3. The SMILES string of the molecule is CCOc1ccc2nc(SCC(=O)Nc3ccc4nc(SCC(=O)Nc5cc(OC)ccc5OC)sc4c3)sc2c1. The molecule has 2 N–H and O–H groups in total. The third-order valence-electron chi connectivity index (χ3n) is 5.64. The Hall–Kier alpha value is -3.52. The molecule has 2 heterocycles.